The van der Waals surface area contributed by atoms with Crippen molar-refractivity contribution >= 4 is 17.3 Å². The molecule has 0 aliphatic carbocycles. The van der Waals surface area contributed by atoms with Gasteiger partial charge in [-0.05, 0) is 31.7 Å². The first-order valence-corrected chi connectivity index (χ1v) is 7.50. The van der Waals surface area contributed by atoms with Gasteiger partial charge in [-0.2, -0.15) is 0 Å². The van der Waals surface area contributed by atoms with Gasteiger partial charge in [-0.15, -0.1) is 0 Å². The Kier molecular flexibility index (Phi) is 5.73. The van der Waals surface area contributed by atoms with E-state index in [0.29, 0.717) is 23.3 Å². The van der Waals surface area contributed by atoms with E-state index in [0.717, 1.165) is 17.8 Å². The Morgan fingerprint density at radius 3 is 2.50 bits per heavy atom. The molecule has 3 nitrogen and oxygen atoms in total. The first kappa shape index (κ1) is 16.2. The van der Waals surface area contributed by atoms with E-state index in [4.69, 9.17) is 21.1 Å². The molecule has 116 valence electrons. The monoisotopic (exact) mass is 317 g/mol. The molecule has 0 atom stereocenters. The quantitative estimate of drug-likeness (QED) is 0.680. The van der Waals surface area contributed by atoms with Crippen LogP contribution in [0.2, 0.25) is 5.02 Å². The van der Waals surface area contributed by atoms with Gasteiger partial charge in [-0.25, -0.2) is 0 Å². The molecule has 2 rings (SSSR count). The number of methoxy groups -OCH3 is 1. The minimum absolute atomic E-state index is 0.424. The van der Waals surface area contributed by atoms with Crippen LogP contribution in [-0.4, -0.2) is 13.7 Å². The molecular formula is C18H20ClNO2. The Bertz CT molecular complexity index is 642. The summed E-state index contributed by atoms with van der Waals surface area (Å²) in [4.78, 5) is 2.01. The maximum atomic E-state index is 6.12. The van der Waals surface area contributed by atoms with Crippen LogP contribution in [0.4, 0.5) is 5.69 Å². The molecule has 2 aromatic rings. The molecule has 22 heavy (non-hydrogen) atoms. The third-order valence-electron chi connectivity index (χ3n) is 3.36. The highest BCUT2D eigenvalue weighted by atomic mass is 35.5. The van der Waals surface area contributed by atoms with Gasteiger partial charge < -0.3 is 14.4 Å². The average molecular weight is 318 g/mol. The highest BCUT2D eigenvalue weighted by Gasteiger charge is 2.13. The van der Waals surface area contributed by atoms with Gasteiger partial charge in [-0.1, -0.05) is 41.9 Å². The summed E-state index contributed by atoms with van der Waals surface area (Å²) in [6.07, 6.45) is 0. The Labute approximate surface area is 136 Å². The lowest BCUT2D eigenvalue weighted by molar-refractivity contribution is 0.280. The molecule has 0 bridgehead atoms. The van der Waals surface area contributed by atoms with Crippen LogP contribution >= 0.6 is 11.6 Å². The fourth-order valence-corrected chi connectivity index (χ4v) is 2.40. The maximum absolute atomic E-state index is 6.12. The Morgan fingerprint density at radius 1 is 1.14 bits per heavy atom. The lowest BCUT2D eigenvalue weighted by Gasteiger charge is -2.26. The first-order chi connectivity index (χ1) is 10.7. The zero-order valence-electron chi connectivity index (χ0n) is 12.9. The van der Waals surface area contributed by atoms with E-state index in [1.807, 2.05) is 53.4 Å². The molecule has 0 aliphatic rings. The molecule has 0 aromatic heterocycles. The fourth-order valence-electron chi connectivity index (χ4n) is 2.20. The number of halogens is 1. The number of ether oxygens (including phenoxy) is 2. The summed E-state index contributed by atoms with van der Waals surface area (Å²) >= 11 is 6.12. The van der Waals surface area contributed by atoms with Crippen molar-refractivity contribution in [2.75, 3.05) is 18.6 Å². The third-order valence-corrected chi connectivity index (χ3v) is 3.67. The predicted octanol–water partition coefficient (Wildman–Crippen LogP) is 4.86. The number of para-hydroxylation sites is 2. The molecule has 0 aliphatic heterocycles. The van der Waals surface area contributed by atoms with Gasteiger partial charge >= 0.3 is 0 Å². The summed E-state index contributed by atoms with van der Waals surface area (Å²) in [5.41, 5.74) is 2.06. The van der Waals surface area contributed by atoms with Crippen LogP contribution in [0.25, 0.3) is 0 Å². The van der Waals surface area contributed by atoms with Crippen LogP contribution < -0.4 is 9.64 Å². The lowest BCUT2D eigenvalue weighted by atomic mass is 10.1. The minimum Gasteiger partial charge on any atom is -0.487 e. The van der Waals surface area contributed by atoms with Gasteiger partial charge in [0.25, 0.3) is 0 Å². The van der Waals surface area contributed by atoms with Crippen molar-refractivity contribution in [2.24, 2.45) is 0 Å². The van der Waals surface area contributed by atoms with Crippen LogP contribution in [0.5, 0.6) is 5.75 Å². The predicted molar refractivity (Wildman–Crippen MR) is 91.4 cm³/mol. The van der Waals surface area contributed by atoms with Crippen molar-refractivity contribution < 1.29 is 9.47 Å². The molecule has 0 amide bonds. The van der Waals surface area contributed by atoms with Gasteiger partial charge in [0.15, 0.2) is 5.88 Å². The molecule has 0 unspecified atom stereocenters. The van der Waals surface area contributed by atoms with Gasteiger partial charge in [0.2, 0.25) is 0 Å². The SMILES string of the molecule is C=C(OC)N(CC)c1ccccc1COc1ccccc1Cl. The van der Waals surface area contributed by atoms with Crippen LogP contribution in [0.3, 0.4) is 0 Å². The fraction of sp³-hybridized carbons (Fsp3) is 0.222. The molecule has 0 saturated carbocycles. The van der Waals surface area contributed by atoms with E-state index in [2.05, 4.69) is 13.5 Å². The standard InChI is InChI=1S/C18H20ClNO2/c1-4-20(14(2)21-3)17-11-7-5-9-15(17)13-22-18-12-8-6-10-16(18)19/h5-12H,2,4,13H2,1,3H3. The number of anilines is 1. The zero-order chi connectivity index (χ0) is 15.9. The Hall–Kier alpha value is -2.13. The second kappa shape index (κ2) is 7.76. The largest absolute Gasteiger partial charge is 0.487 e. The number of benzene rings is 2. The second-order valence-electron chi connectivity index (χ2n) is 4.69. The summed E-state index contributed by atoms with van der Waals surface area (Å²) in [5.74, 6) is 1.28. The molecule has 0 N–H and O–H groups in total. The van der Waals surface area contributed by atoms with Crippen molar-refractivity contribution in [3.8, 4) is 5.75 Å². The zero-order valence-corrected chi connectivity index (χ0v) is 13.6. The molecule has 0 spiro atoms. The van der Waals surface area contributed by atoms with Crippen molar-refractivity contribution in [3.05, 3.63) is 71.6 Å². The smallest absolute Gasteiger partial charge is 0.186 e. The van der Waals surface area contributed by atoms with Gasteiger partial charge in [0.05, 0.1) is 17.8 Å². The Balaban J connectivity index is 2.21. The lowest BCUT2D eigenvalue weighted by Crippen LogP contribution is -2.23. The van der Waals surface area contributed by atoms with E-state index in [9.17, 15) is 0 Å². The highest BCUT2D eigenvalue weighted by Crippen LogP contribution is 2.28. The van der Waals surface area contributed by atoms with Gasteiger partial charge in [-0.3, -0.25) is 0 Å². The van der Waals surface area contributed by atoms with Crippen LogP contribution in [0.1, 0.15) is 12.5 Å². The molecule has 2 aromatic carbocycles. The summed E-state index contributed by atoms with van der Waals surface area (Å²) in [6, 6.07) is 15.5. The average Bonchev–Trinajstić information content (AvgIpc) is 2.55. The van der Waals surface area contributed by atoms with Crippen LogP contribution in [-0.2, 0) is 11.3 Å². The molecule has 0 saturated heterocycles. The number of hydrogen-bond acceptors (Lipinski definition) is 3. The topological polar surface area (TPSA) is 21.7 Å². The summed E-state index contributed by atoms with van der Waals surface area (Å²) in [6.45, 7) is 7.17. The normalized spacial score (nSPS) is 10.1. The van der Waals surface area contributed by atoms with E-state index >= 15 is 0 Å². The number of hydrogen-bond donors (Lipinski definition) is 0. The number of rotatable bonds is 7. The first-order valence-electron chi connectivity index (χ1n) is 7.13. The Morgan fingerprint density at radius 2 is 1.82 bits per heavy atom. The molecule has 4 heteroatoms. The highest BCUT2D eigenvalue weighted by molar-refractivity contribution is 6.32. The molecule has 0 radical (unpaired) electrons. The summed E-state index contributed by atoms with van der Waals surface area (Å²) < 4.78 is 11.1. The third kappa shape index (κ3) is 3.74. The summed E-state index contributed by atoms with van der Waals surface area (Å²) in [7, 11) is 1.62. The van der Waals surface area contributed by atoms with E-state index in [-0.39, 0.29) is 0 Å². The maximum Gasteiger partial charge on any atom is 0.186 e. The van der Waals surface area contributed by atoms with Crippen molar-refractivity contribution in [3.63, 3.8) is 0 Å². The van der Waals surface area contributed by atoms with E-state index in [1.54, 1.807) is 7.11 Å². The van der Waals surface area contributed by atoms with Crippen LogP contribution in [0, 0.1) is 0 Å². The van der Waals surface area contributed by atoms with Crippen molar-refractivity contribution in [1.82, 2.24) is 0 Å². The van der Waals surface area contributed by atoms with E-state index < -0.39 is 0 Å². The molecular weight excluding hydrogens is 298 g/mol. The van der Waals surface area contributed by atoms with E-state index in [1.165, 1.54) is 0 Å². The summed E-state index contributed by atoms with van der Waals surface area (Å²) in [5, 5.41) is 0.605. The van der Waals surface area contributed by atoms with Crippen molar-refractivity contribution in [1.29, 1.82) is 0 Å². The van der Waals surface area contributed by atoms with Crippen molar-refractivity contribution in [2.45, 2.75) is 13.5 Å². The minimum atomic E-state index is 0.424. The second-order valence-corrected chi connectivity index (χ2v) is 5.10. The van der Waals surface area contributed by atoms with Gasteiger partial charge in [0, 0.05) is 12.1 Å². The number of nitrogens with zero attached hydrogens (tertiary/aromatic N) is 1. The molecule has 0 fully saturated rings. The van der Waals surface area contributed by atoms with Crippen LogP contribution in [0.15, 0.2) is 61.0 Å². The molecule has 0 heterocycles. The van der Waals surface area contributed by atoms with Gasteiger partial charge in [0.1, 0.15) is 12.4 Å².